The van der Waals surface area contributed by atoms with Crippen LogP contribution in [0, 0.1) is 0 Å². The summed E-state index contributed by atoms with van der Waals surface area (Å²) in [4.78, 5) is 13.5. The molecule has 0 aliphatic carbocycles. The monoisotopic (exact) mass is 231 g/mol. The van der Waals surface area contributed by atoms with Crippen LogP contribution in [0.25, 0.3) is 0 Å². The second-order valence-electron chi connectivity index (χ2n) is 3.96. The average Bonchev–Trinajstić information content (AvgIpc) is 2.30. The predicted octanol–water partition coefficient (Wildman–Crippen LogP) is -0.192. The number of carbonyl (C=O) groups is 1. The molecule has 1 amide bonds. The molecule has 0 radical (unpaired) electrons. The maximum Gasteiger partial charge on any atom is 0.236 e. The van der Waals surface area contributed by atoms with E-state index in [1.165, 1.54) is 0 Å². The van der Waals surface area contributed by atoms with E-state index in [9.17, 15) is 4.79 Å². The van der Waals surface area contributed by atoms with E-state index in [-0.39, 0.29) is 11.9 Å². The van der Waals surface area contributed by atoms with Crippen LogP contribution in [0.15, 0.2) is 0 Å². The summed E-state index contributed by atoms with van der Waals surface area (Å²) < 4.78 is 4.98. The van der Waals surface area contributed by atoms with E-state index in [1.54, 1.807) is 7.11 Å². The van der Waals surface area contributed by atoms with Crippen LogP contribution in [-0.4, -0.2) is 57.2 Å². The maximum absolute atomic E-state index is 11.3. The van der Waals surface area contributed by atoms with Gasteiger partial charge in [-0.25, -0.2) is 0 Å². The van der Waals surface area contributed by atoms with Gasteiger partial charge in [0, 0.05) is 20.2 Å². The Morgan fingerprint density at radius 2 is 2.19 bits per heavy atom. The summed E-state index contributed by atoms with van der Waals surface area (Å²) in [5.74, 6) is -0.0537. The van der Waals surface area contributed by atoms with Gasteiger partial charge in [-0.15, -0.1) is 0 Å². The lowest BCUT2D eigenvalue weighted by Gasteiger charge is -2.16. The Morgan fingerprint density at radius 1 is 1.50 bits per heavy atom. The molecule has 3 N–H and O–H groups in total. The van der Waals surface area contributed by atoms with Crippen LogP contribution in [0.5, 0.6) is 0 Å². The highest BCUT2D eigenvalue weighted by Gasteiger charge is 2.09. The van der Waals surface area contributed by atoms with Gasteiger partial charge in [-0.1, -0.05) is 6.92 Å². The Bertz CT molecular complexity index is 188. The highest BCUT2D eigenvalue weighted by molar-refractivity contribution is 5.81. The molecule has 0 aromatic rings. The molecule has 1 atom stereocenters. The normalized spacial score (nSPS) is 12.8. The Hall–Kier alpha value is -0.650. The van der Waals surface area contributed by atoms with E-state index in [4.69, 9.17) is 10.5 Å². The molecule has 0 bridgehead atoms. The first-order valence-electron chi connectivity index (χ1n) is 5.82. The summed E-state index contributed by atoms with van der Waals surface area (Å²) in [6.07, 6.45) is 1.61. The van der Waals surface area contributed by atoms with E-state index in [0.29, 0.717) is 13.0 Å². The first-order valence-corrected chi connectivity index (χ1v) is 5.82. The minimum atomic E-state index is -0.369. The summed E-state index contributed by atoms with van der Waals surface area (Å²) in [5.41, 5.74) is 5.59. The van der Waals surface area contributed by atoms with Crippen LogP contribution in [0.3, 0.4) is 0 Å². The van der Waals surface area contributed by atoms with E-state index >= 15 is 0 Å². The van der Waals surface area contributed by atoms with E-state index in [2.05, 4.69) is 10.2 Å². The van der Waals surface area contributed by atoms with E-state index in [0.717, 1.165) is 26.1 Å². The first kappa shape index (κ1) is 15.3. The topological polar surface area (TPSA) is 67.6 Å². The predicted molar refractivity (Wildman–Crippen MR) is 65.3 cm³/mol. The Kier molecular flexibility index (Phi) is 9.18. The van der Waals surface area contributed by atoms with Crippen molar-refractivity contribution in [2.45, 2.75) is 25.8 Å². The Balaban J connectivity index is 3.42. The molecular formula is C11H25N3O2. The maximum atomic E-state index is 11.3. The number of amides is 1. The van der Waals surface area contributed by atoms with Crippen LogP contribution in [-0.2, 0) is 9.53 Å². The zero-order valence-electron chi connectivity index (χ0n) is 10.7. The molecule has 0 aliphatic rings. The van der Waals surface area contributed by atoms with Gasteiger partial charge < -0.3 is 20.7 Å². The third-order valence-corrected chi connectivity index (χ3v) is 2.47. The van der Waals surface area contributed by atoms with Gasteiger partial charge in [0.1, 0.15) is 0 Å². The zero-order chi connectivity index (χ0) is 12.4. The summed E-state index contributed by atoms with van der Waals surface area (Å²) in [5, 5.41) is 2.82. The van der Waals surface area contributed by atoms with Crippen LogP contribution in [0.1, 0.15) is 19.8 Å². The first-order chi connectivity index (χ1) is 7.61. The van der Waals surface area contributed by atoms with Crippen LogP contribution in [0.4, 0.5) is 0 Å². The third kappa shape index (κ3) is 7.62. The summed E-state index contributed by atoms with van der Waals surface area (Å²) >= 11 is 0. The van der Waals surface area contributed by atoms with Crippen molar-refractivity contribution in [3.05, 3.63) is 0 Å². The molecule has 16 heavy (non-hydrogen) atoms. The van der Waals surface area contributed by atoms with Gasteiger partial charge in [0.25, 0.3) is 0 Å². The molecule has 0 spiro atoms. The van der Waals surface area contributed by atoms with Gasteiger partial charge in [0.2, 0.25) is 5.91 Å². The van der Waals surface area contributed by atoms with Gasteiger partial charge in [0.05, 0.1) is 12.6 Å². The molecule has 0 fully saturated rings. The van der Waals surface area contributed by atoms with Crippen molar-refractivity contribution >= 4 is 5.91 Å². The standard InChI is InChI=1S/C11H25N3O2/c1-4-10(12)11(15)13-6-5-7-14(2)8-9-16-3/h10H,4-9,12H2,1-3H3,(H,13,15)/t10-/m0/s1. The number of methoxy groups -OCH3 is 1. The summed E-state index contributed by atoms with van der Waals surface area (Å²) in [6.45, 7) is 5.19. The number of nitrogens with one attached hydrogen (secondary N) is 1. The molecule has 96 valence electrons. The lowest BCUT2D eigenvalue weighted by molar-refractivity contribution is -0.122. The van der Waals surface area contributed by atoms with Gasteiger partial charge in [0.15, 0.2) is 0 Å². The van der Waals surface area contributed by atoms with Crippen molar-refractivity contribution in [1.82, 2.24) is 10.2 Å². The molecule has 0 aromatic heterocycles. The molecule has 0 saturated heterocycles. The molecule has 0 aliphatic heterocycles. The van der Waals surface area contributed by atoms with E-state index in [1.807, 2.05) is 14.0 Å². The van der Waals surface area contributed by atoms with Gasteiger partial charge in [-0.2, -0.15) is 0 Å². The largest absolute Gasteiger partial charge is 0.383 e. The Labute approximate surface area is 98.3 Å². The third-order valence-electron chi connectivity index (χ3n) is 2.47. The fourth-order valence-corrected chi connectivity index (χ4v) is 1.24. The fraction of sp³-hybridized carbons (Fsp3) is 0.909. The molecule has 0 heterocycles. The molecule has 0 rings (SSSR count). The second kappa shape index (κ2) is 9.57. The van der Waals surface area contributed by atoms with Crippen molar-refractivity contribution in [2.75, 3.05) is 40.4 Å². The Morgan fingerprint density at radius 3 is 2.75 bits per heavy atom. The quantitative estimate of drug-likeness (QED) is 0.540. The fourth-order valence-electron chi connectivity index (χ4n) is 1.24. The number of carbonyl (C=O) groups excluding carboxylic acids is 1. The second-order valence-corrected chi connectivity index (χ2v) is 3.96. The smallest absolute Gasteiger partial charge is 0.236 e. The van der Waals surface area contributed by atoms with Crippen molar-refractivity contribution < 1.29 is 9.53 Å². The molecule has 0 unspecified atom stereocenters. The zero-order valence-corrected chi connectivity index (χ0v) is 10.7. The number of likely N-dealkylation sites (N-methyl/N-ethyl adjacent to an activating group) is 1. The highest BCUT2D eigenvalue weighted by atomic mass is 16.5. The molecule has 0 aromatic carbocycles. The lowest BCUT2D eigenvalue weighted by Crippen LogP contribution is -2.41. The lowest BCUT2D eigenvalue weighted by atomic mass is 10.2. The van der Waals surface area contributed by atoms with Crippen molar-refractivity contribution in [1.29, 1.82) is 0 Å². The number of nitrogens with zero attached hydrogens (tertiary/aromatic N) is 1. The highest BCUT2D eigenvalue weighted by Crippen LogP contribution is 1.88. The van der Waals surface area contributed by atoms with Gasteiger partial charge >= 0.3 is 0 Å². The minimum absolute atomic E-state index is 0.0537. The average molecular weight is 231 g/mol. The summed E-state index contributed by atoms with van der Waals surface area (Å²) in [6, 6.07) is -0.369. The van der Waals surface area contributed by atoms with Crippen LogP contribution < -0.4 is 11.1 Å². The van der Waals surface area contributed by atoms with Crippen molar-refractivity contribution in [3.63, 3.8) is 0 Å². The number of nitrogens with two attached hydrogens (primary N) is 1. The number of hydrogen-bond donors (Lipinski definition) is 2. The number of ether oxygens (including phenoxy) is 1. The van der Waals surface area contributed by atoms with Crippen molar-refractivity contribution in [2.24, 2.45) is 5.73 Å². The minimum Gasteiger partial charge on any atom is -0.383 e. The van der Waals surface area contributed by atoms with Crippen LogP contribution in [0.2, 0.25) is 0 Å². The molecular weight excluding hydrogens is 206 g/mol. The molecule has 5 nitrogen and oxygen atoms in total. The van der Waals surface area contributed by atoms with Gasteiger partial charge in [-0.3, -0.25) is 4.79 Å². The SMILES string of the molecule is CC[C@H](N)C(=O)NCCCN(C)CCOC. The molecule has 0 saturated carbocycles. The number of hydrogen-bond acceptors (Lipinski definition) is 4. The van der Waals surface area contributed by atoms with Gasteiger partial charge in [-0.05, 0) is 26.4 Å². The number of rotatable bonds is 9. The van der Waals surface area contributed by atoms with Crippen LogP contribution >= 0.6 is 0 Å². The van der Waals surface area contributed by atoms with Crippen molar-refractivity contribution in [3.8, 4) is 0 Å². The van der Waals surface area contributed by atoms with E-state index < -0.39 is 0 Å². The molecule has 5 heteroatoms. The summed E-state index contributed by atoms with van der Waals surface area (Å²) in [7, 11) is 3.73.